The number of hydrogen-bond donors (Lipinski definition) is 1. The fourth-order valence-electron chi connectivity index (χ4n) is 1.13. The number of nitrogens with zero attached hydrogens (tertiary/aromatic N) is 2. The van der Waals surface area contributed by atoms with Crippen molar-refractivity contribution in [2.75, 3.05) is 0 Å². The van der Waals surface area contributed by atoms with Crippen molar-refractivity contribution < 1.29 is 28.0 Å². The molecule has 92 valence electrons. The first-order chi connectivity index (χ1) is 7.82. The molecule has 1 aromatic rings. The van der Waals surface area contributed by atoms with E-state index >= 15 is 0 Å². The van der Waals surface area contributed by atoms with Crippen LogP contribution in [0.3, 0.4) is 0 Å². The highest BCUT2D eigenvalue weighted by Crippen LogP contribution is 2.28. The maximum absolute atomic E-state index is 13.1. The summed E-state index contributed by atoms with van der Waals surface area (Å²) in [4.78, 5) is 22.1. The Hall–Kier alpha value is -2.19. The summed E-state index contributed by atoms with van der Waals surface area (Å²) in [6, 6.07) is 0.444. The van der Waals surface area contributed by atoms with Crippen LogP contribution in [0.2, 0.25) is 0 Å². The molecule has 1 rings (SSSR count). The molecule has 0 unspecified atom stereocenters. The Morgan fingerprint density at radius 3 is 2.59 bits per heavy atom. The van der Waals surface area contributed by atoms with Gasteiger partial charge in [-0.25, -0.2) is 8.78 Å². The Balaban J connectivity index is 3.34. The van der Waals surface area contributed by atoms with Gasteiger partial charge in [-0.3, -0.25) is 4.79 Å². The lowest BCUT2D eigenvalue weighted by molar-refractivity contribution is -0.391. The number of aromatic nitrogens is 1. The molecule has 0 bridgehead atoms. The van der Waals surface area contributed by atoms with Gasteiger partial charge in [-0.1, -0.05) is 0 Å². The number of aliphatic carboxylic acids is 1. The van der Waals surface area contributed by atoms with Gasteiger partial charge in [-0.05, 0) is 16.0 Å². The number of nitro groups is 1. The van der Waals surface area contributed by atoms with Crippen LogP contribution in [-0.2, 0) is 11.2 Å². The highest BCUT2D eigenvalue weighted by atomic mass is 19.3. The lowest BCUT2D eigenvalue weighted by atomic mass is 10.1. The minimum Gasteiger partial charge on any atom is -0.481 e. The van der Waals surface area contributed by atoms with Crippen molar-refractivity contribution in [3.63, 3.8) is 0 Å². The second-order valence-electron chi connectivity index (χ2n) is 2.98. The van der Waals surface area contributed by atoms with Gasteiger partial charge in [0.1, 0.15) is 5.56 Å². The average molecular weight is 250 g/mol. The zero-order chi connectivity index (χ0) is 13.2. The molecular formula is C8H5F3N2O4. The zero-order valence-electron chi connectivity index (χ0n) is 8.06. The van der Waals surface area contributed by atoms with E-state index in [1.807, 2.05) is 0 Å². The number of hydrogen-bond acceptors (Lipinski definition) is 4. The standard InChI is InChI=1S/C8H5F3N2O4/c9-6(10)4-1-3(2-5(14)15)7(11)12-8(4)13(16)17/h1,6H,2H2,(H,14,15). The molecular weight excluding hydrogens is 245 g/mol. The number of carboxylic acids is 1. The second kappa shape index (κ2) is 4.76. The summed E-state index contributed by atoms with van der Waals surface area (Å²) in [5, 5.41) is 18.7. The molecule has 0 amide bonds. The molecule has 0 aliphatic carbocycles. The molecule has 0 saturated heterocycles. The van der Waals surface area contributed by atoms with Crippen molar-refractivity contribution in [2.24, 2.45) is 0 Å². The molecule has 0 radical (unpaired) electrons. The third kappa shape index (κ3) is 2.89. The van der Waals surface area contributed by atoms with Crippen LogP contribution in [0, 0.1) is 16.1 Å². The number of halogens is 3. The molecule has 0 spiro atoms. The fourth-order valence-corrected chi connectivity index (χ4v) is 1.13. The van der Waals surface area contributed by atoms with Gasteiger partial charge in [0.05, 0.1) is 6.42 Å². The van der Waals surface area contributed by atoms with Gasteiger partial charge in [-0.15, -0.1) is 0 Å². The molecule has 0 saturated carbocycles. The summed E-state index contributed by atoms with van der Waals surface area (Å²) in [7, 11) is 0. The highest BCUT2D eigenvalue weighted by molar-refractivity contribution is 5.70. The Morgan fingerprint density at radius 2 is 2.18 bits per heavy atom. The predicted octanol–water partition coefficient (Wildman–Crippen LogP) is 1.69. The largest absolute Gasteiger partial charge is 0.481 e. The van der Waals surface area contributed by atoms with E-state index in [4.69, 9.17) is 5.11 Å². The maximum Gasteiger partial charge on any atom is 0.375 e. The number of carboxylic acid groups (broad SMARTS) is 1. The average Bonchev–Trinajstić information content (AvgIpc) is 2.19. The van der Waals surface area contributed by atoms with E-state index in [2.05, 4.69) is 4.98 Å². The third-order valence-electron chi connectivity index (χ3n) is 1.81. The molecule has 0 aromatic carbocycles. The van der Waals surface area contributed by atoms with Gasteiger partial charge in [0, 0.05) is 5.56 Å². The Bertz CT molecular complexity index is 478. The van der Waals surface area contributed by atoms with Gasteiger partial charge < -0.3 is 15.2 Å². The van der Waals surface area contributed by atoms with Crippen molar-refractivity contribution >= 4 is 11.8 Å². The van der Waals surface area contributed by atoms with Gasteiger partial charge in [0.25, 0.3) is 6.43 Å². The van der Waals surface area contributed by atoms with E-state index in [0.29, 0.717) is 6.07 Å². The monoisotopic (exact) mass is 250 g/mol. The Morgan fingerprint density at radius 1 is 1.59 bits per heavy atom. The maximum atomic E-state index is 13.1. The molecule has 17 heavy (non-hydrogen) atoms. The lowest BCUT2D eigenvalue weighted by Crippen LogP contribution is -2.08. The number of alkyl halides is 2. The molecule has 0 fully saturated rings. The van der Waals surface area contributed by atoms with Gasteiger partial charge in [0.2, 0.25) is 0 Å². The first-order valence-electron chi connectivity index (χ1n) is 4.16. The summed E-state index contributed by atoms with van der Waals surface area (Å²) >= 11 is 0. The normalized spacial score (nSPS) is 10.6. The third-order valence-corrected chi connectivity index (χ3v) is 1.81. The molecule has 6 nitrogen and oxygen atoms in total. The predicted molar refractivity (Wildman–Crippen MR) is 47.1 cm³/mol. The first-order valence-corrected chi connectivity index (χ1v) is 4.16. The first kappa shape index (κ1) is 12.9. The summed E-state index contributed by atoms with van der Waals surface area (Å²) in [5.41, 5.74) is -1.73. The van der Waals surface area contributed by atoms with Crippen LogP contribution in [0.4, 0.5) is 19.0 Å². The lowest BCUT2D eigenvalue weighted by Gasteiger charge is -2.03. The molecule has 1 heterocycles. The van der Waals surface area contributed by atoms with Crippen LogP contribution >= 0.6 is 0 Å². The van der Waals surface area contributed by atoms with Gasteiger partial charge in [0.15, 0.2) is 0 Å². The van der Waals surface area contributed by atoms with Crippen molar-refractivity contribution in [1.82, 2.24) is 4.98 Å². The van der Waals surface area contributed by atoms with Crippen molar-refractivity contribution in [2.45, 2.75) is 12.8 Å². The molecule has 1 aromatic heterocycles. The minimum atomic E-state index is -3.24. The summed E-state index contributed by atoms with van der Waals surface area (Å²) in [6.07, 6.45) is -4.12. The quantitative estimate of drug-likeness (QED) is 0.498. The number of rotatable bonds is 4. The van der Waals surface area contributed by atoms with E-state index in [1.54, 1.807) is 0 Å². The van der Waals surface area contributed by atoms with E-state index in [-0.39, 0.29) is 0 Å². The topological polar surface area (TPSA) is 93.3 Å². The summed E-state index contributed by atoms with van der Waals surface area (Å²) in [6.45, 7) is 0. The van der Waals surface area contributed by atoms with Crippen molar-refractivity contribution in [1.29, 1.82) is 0 Å². The molecule has 1 N–H and O–H groups in total. The van der Waals surface area contributed by atoms with E-state index < -0.39 is 46.6 Å². The van der Waals surface area contributed by atoms with Crippen LogP contribution in [0.25, 0.3) is 0 Å². The van der Waals surface area contributed by atoms with Gasteiger partial charge in [-0.2, -0.15) is 4.39 Å². The van der Waals surface area contributed by atoms with Crippen molar-refractivity contribution in [3.8, 4) is 0 Å². The van der Waals surface area contributed by atoms with Crippen LogP contribution in [0.15, 0.2) is 6.07 Å². The molecule has 9 heteroatoms. The minimum absolute atomic E-state index is 0.444. The molecule has 0 aliphatic heterocycles. The van der Waals surface area contributed by atoms with Crippen LogP contribution in [0.1, 0.15) is 17.6 Å². The Kier molecular flexibility index (Phi) is 3.61. The van der Waals surface area contributed by atoms with E-state index in [0.717, 1.165) is 0 Å². The van der Waals surface area contributed by atoms with Crippen LogP contribution in [0.5, 0.6) is 0 Å². The summed E-state index contributed by atoms with van der Waals surface area (Å²) < 4.78 is 37.9. The zero-order valence-corrected chi connectivity index (χ0v) is 8.06. The number of carbonyl (C=O) groups is 1. The SMILES string of the molecule is O=C(O)Cc1cc(C(F)F)c([N+](=O)[O-])nc1F. The smallest absolute Gasteiger partial charge is 0.375 e. The fraction of sp³-hybridized carbons (Fsp3) is 0.250. The molecule has 0 atom stereocenters. The van der Waals surface area contributed by atoms with E-state index in [9.17, 15) is 28.1 Å². The highest BCUT2D eigenvalue weighted by Gasteiger charge is 2.28. The molecule has 0 aliphatic rings. The van der Waals surface area contributed by atoms with E-state index in [1.165, 1.54) is 0 Å². The van der Waals surface area contributed by atoms with Gasteiger partial charge >= 0.3 is 17.7 Å². The number of pyridine rings is 1. The van der Waals surface area contributed by atoms with Crippen LogP contribution < -0.4 is 0 Å². The van der Waals surface area contributed by atoms with Crippen molar-refractivity contribution in [3.05, 3.63) is 33.3 Å². The second-order valence-corrected chi connectivity index (χ2v) is 2.98. The summed E-state index contributed by atoms with van der Waals surface area (Å²) in [5.74, 6) is -4.21. The van der Waals surface area contributed by atoms with Crippen LogP contribution in [-0.4, -0.2) is 21.0 Å². The Labute approximate surface area is 91.9 Å².